The molecule has 102 valence electrons. The molecular formula is C12H19NO5. The zero-order valence-electron chi connectivity index (χ0n) is 10.7. The van der Waals surface area contributed by atoms with Gasteiger partial charge in [-0.1, -0.05) is 13.2 Å². The van der Waals surface area contributed by atoms with E-state index in [0.717, 1.165) is 6.54 Å². The molecule has 1 saturated heterocycles. The van der Waals surface area contributed by atoms with Gasteiger partial charge in [-0.25, -0.2) is 4.79 Å². The van der Waals surface area contributed by atoms with Crippen molar-refractivity contribution in [3.63, 3.8) is 0 Å². The second-order valence-electron chi connectivity index (χ2n) is 3.49. The van der Waals surface area contributed by atoms with E-state index in [1.165, 1.54) is 13.2 Å². The molecule has 0 amide bonds. The number of carbonyl (C=O) groups is 2. The molecule has 1 aliphatic heterocycles. The van der Waals surface area contributed by atoms with Crippen molar-refractivity contribution >= 4 is 11.8 Å². The summed E-state index contributed by atoms with van der Waals surface area (Å²) in [5.41, 5.74) is 0.326. The summed E-state index contributed by atoms with van der Waals surface area (Å²) in [4.78, 5) is 29.3. The molecule has 0 saturated carbocycles. The fraction of sp³-hybridized carbons (Fsp3) is 0.500. The van der Waals surface area contributed by atoms with Crippen LogP contribution in [0.15, 0.2) is 24.8 Å². The fourth-order valence-corrected chi connectivity index (χ4v) is 1.03. The highest BCUT2D eigenvalue weighted by Gasteiger charge is 2.18. The topological polar surface area (TPSA) is 73.9 Å². The maximum atomic E-state index is 10.9. The van der Waals surface area contributed by atoms with Gasteiger partial charge in [-0.05, 0) is 13.0 Å². The average Bonchev–Trinajstić information content (AvgIpc) is 2.39. The van der Waals surface area contributed by atoms with Crippen LogP contribution in [-0.2, 0) is 24.1 Å². The van der Waals surface area contributed by atoms with Crippen LogP contribution in [0.5, 0.6) is 0 Å². The van der Waals surface area contributed by atoms with Crippen molar-refractivity contribution in [2.75, 3.05) is 26.8 Å². The number of rotatable bonds is 4. The Morgan fingerprint density at radius 1 is 1.50 bits per heavy atom. The van der Waals surface area contributed by atoms with Gasteiger partial charge in [0.15, 0.2) is 5.78 Å². The summed E-state index contributed by atoms with van der Waals surface area (Å²) < 4.78 is 5.15. The van der Waals surface area contributed by atoms with E-state index in [4.69, 9.17) is 4.74 Å². The summed E-state index contributed by atoms with van der Waals surface area (Å²) in [5.74, 6) is -0.570. The minimum atomic E-state index is -0.535. The largest absolute Gasteiger partial charge is 0.368 e. The van der Waals surface area contributed by atoms with E-state index in [9.17, 15) is 9.59 Å². The first-order valence-electron chi connectivity index (χ1n) is 5.42. The van der Waals surface area contributed by atoms with Crippen LogP contribution in [0.2, 0.25) is 0 Å². The third-order valence-electron chi connectivity index (χ3n) is 1.95. The normalized spacial score (nSPS) is 18.0. The molecule has 0 aromatic rings. The standard InChI is InChI=1S/C7H11NO2.C5H8O3/c1-2-6(9)7-5-8-3-4-10-7;1-4(2)5(6)8-7-3/h2,7-8H,1,3-5H2;1H2,2-3H3. The van der Waals surface area contributed by atoms with E-state index in [2.05, 4.69) is 28.2 Å². The van der Waals surface area contributed by atoms with Gasteiger partial charge in [0.1, 0.15) is 6.10 Å². The van der Waals surface area contributed by atoms with E-state index in [1.54, 1.807) is 6.92 Å². The summed E-state index contributed by atoms with van der Waals surface area (Å²) in [6, 6.07) is 0. The minimum Gasteiger partial charge on any atom is -0.367 e. The molecule has 0 aromatic heterocycles. The SMILES string of the molecule is C=C(C)C(=O)OOC.C=CC(=O)C1CNCCO1. The number of ether oxygens (including phenoxy) is 1. The van der Waals surface area contributed by atoms with Crippen LogP contribution >= 0.6 is 0 Å². The molecule has 0 radical (unpaired) electrons. The Morgan fingerprint density at radius 3 is 2.50 bits per heavy atom. The van der Waals surface area contributed by atoms with Crippen molar-refractivity contribution in [2.24, 2.45) is 0 Å². The molecule has 0 aromatic carbocycles. The average molecular weight is 257 g/mol. The Morgan fingerprint density at radius 2 is 2.17 bits per heavy atom. The fourth-order valence-electron chi connectivity index (χ4n) is 1.03. The van der Waals surface area contributed by atoms with Crippen LogP contribution in [0.4, 0.5) is 0 Å². The Bertz CT molecular complexity index is 308. The smallest absolute Gasteiger partial charge is 0.367 e. The molecule has 6 nitrogen and oxygen atoms in total. The van der Waals surface area contributed by atoms with Gasteiger partial charge in [-0.15, -0.1) is 0 Å². The van der Waals surface area contributed by atoms with E-state index >= 15 is 0 Å². The van der Waals surface area contributed by atoms with Gasteiger partial charge in [-0.2, -0.15) is 4.89 Å². The Kier molecular flexibility index (Phi) is 8.73. The number of ketones is 1. The molecule has 1 aliphatic rings. The molecule has 1 heterocycles. The summed E-state index contributed by atoms with van der Waals surface area (Å²) in [7, 11) is 1.26. The van der Waals surface area contributed by atoms with Gasteiger partial charge in [0.25, 0.3) is 0 Å². The molecular weight excluding hydrogens is 238 g/mol. The lowest BCUT2D eigenvalue weighted by atomic mass is 10.2. The Labute approximate surface area is 107 Å². The highest BCUT2D eigenvalue weighted by Crippen LogP contribution is 1.97. The van der Waals surface area contributed by atoms with E-state index in [1.807, 2.05) is 0 Å². The van der Waals surface area contributed by atoms with Crippen molar-refractivity contribution < 1.29 is 24.1 Å². The number of hydrogen-bond donors (Lipinski definition) is 1. The summed E-state index contributed by atoms with van der Waals surface area (Å²) in [6.07, 6.45) is 1.00. The van der Waals surface area contributed by atoms with Crippen LogP contribution in [-0.4, -0.2) is 44.7 Å². The van der Waals surface area contributed by atoms with Crippen molar-refractivity contribution in [1.82, 2.24) is 5.32 Å². The lowest BCUT2D eigenvalue weighted by molar-refractivity contribution is -0.250. The zero-order chi connectivity index (χ0) is 14.0. The first kappa shape index (κ1) is 16.5. The first-order chi connectivity index (χ1) is 8.52. The molecule has 1 rings (SSSR count). The van der Waals surface area contributed by atoms with Crippen LogP contribution in [0.1, 0.15) is 6.92 Å². The predicted molar refractivity (Wildman–Crippen MR) is 65.7 cm³/mol. The third-order valence-corrected chi connectivity index (χ3v) is 1.95. The number of carbonyl (C=O) groups excluding carboxylic acids is 2. The van der Waals surface area contributed by atoms with E-state index in [-0.39, 0.29) is 11.9 Å². The van der Waals surface area contributed by atoms with Crippen LogP contribution in [0.25, 0.3) is 0 Å². The second-order valence-corrected chi connectivity index (χ2v) is 3.49. The van der Waals surface area contributed by atoms with Gasteiger partial charge < -0.3 is 10.1 Å². The maximum absolute atomic E-state index is 10.9. The van der Waals surface area contributed by atoms with Crippen molar-refractivity contribution in [3.8, 4) is 0 Å². The van der Waals surface area contributed by atoms with Crippen molar-refractivity contribution in [3.05, 3.63) is 24.8 Å². The van der Waals surface area contributed by atoms with Gasteiger partial charge in [-0.3, -0.25) is 9.68 Å². The number of nitrogens with one attached hydrogen (secondary N) is 1. The lowest BCUT2D eigenvalue weighted by Crippen LogP contribution is -2.42. The minimum absolute atomic E-state index is 0.0350. The monoisotopic (exact) mass is 257 g/mol. The Balaban J connectivity index is 0.000000331. The van der Waals surface area contributed by atoms with Gasteiger partial charge in [0.2, 0.25) is 0 Å². The molecule has 1 fully saturated rings. The molecule has 0 spiro atoms. The molecule has 1 atom stereocenters. The number of morpholine rings is 1. The maximum Gasteiger partial charge on any atom is 0.368 e. The van der Waals surface area contributed by atoms with Gasteiger partial charge >= 0.3 is 5.97 Å². The number of hydrogen-bond acceptors (Lipinski definition) is 6. The van der Waals surface area contributed by atoms with Crippen LogP contribution in [0, 0.1) is 0 Å². The predicted octanol–water partition coefficient (Wildman–Crippen LogP) is 0.397. The summed E-state index contributed by atoms with van der Waals surface area (Å²) in [5, 5.41) is 3.06. The van der Waals surface area contributed by atoms with Gasteiger partial charge in [0.05, 0.1) is 13.7 Å². The molecule has 1 N–H and O–H groups in total. The van der Waals surface area contributed by atoms with Crippen molar-refractivity contribution in [2.45, 2.75) is 13.0 Å². The Hall–Kier alpha value is -1.50. The first-order valence-corrected chi connectivity index (χ1v) is 5.42. The van der Waals surface area contributed by atoms with Gasteiger partial charge in [0, 0.05) is 18.7 Å². The molecule has 0 aliphatic carbocycles. The molecule has 6 heteroatoms. The van der Waals surface area contributed by atoms with Crippen LogP contribution in [0.3, 0.4) is 0 Å². The molecule has 1 unspecified atom stereocenters. The highest BCUT2D eigenvalue weighted by molar-refractivity contribution is 5.93. The lowest BCUT2D eigenvalue weighted by Gasteiger charge is -2.20. The molecule has 18 heavy (non-hydrogen) atoms. The van der Waals surface area contributed by atoms with Crippen molar-refractivity contribution in [1.29, 1.82) is 0 Å². The summed E-state index contributed by atoms with van der Waals surface area (Å²) >= 11 is 0. The van der Waals surface area contributed by atoms with E-state index < -0.39 is 5.97 Å². The second kappa shape index (κ2) is 9.52. The zero-order valence-corrected chi connectivity index (χ0v) is 10.7. The van der Waals surface area contributed by atoms with E-state index in [0.29, 0.717) is 18.7 Å². The molecule has 0 bridgehead atoms. The van der Waals surface area contributed by atoms with Crippen LogP contribution < -0.4 is 5.32 Å². The summed E-state index contributed by atoms with van der Waals surface area (Å²) in [6.45, 7) is 10.3. The quantitative estimate of drug-likeness (QED) is 0.446. The third kappa shape index (κ3) is 6.95. The highest BCUT2D eigenvalue weighted by atomic mass is 17.2.